The van der Waals surface area contributed by atoms with E-state index in [4.69, 9.17) is 5.73 Å². The number of nitrogen functional groups attached to an aromatic ring is 1. The molecule has 1 atom stereocenters. The van der Waals surface area contributed by atoms with Gasteiger partial charge >= 0.3 is 0 Å². The Morgan fingerprint density at radius 2 is 2.33 bits per heavy atom. The highest BCUT2D eigenvalue weighted by Crippen LogP contribution is 2.19. The Morgan fingerprint density at radius 3 is 2.94 bits per heavy atom. The van der Waals surface area contributed by atoms with Gasteiger partial charge in [-0.1, -0.05) is 11.9 Å². The Balaban J connectivity index is 2.01. The van der Waals surface area contributed by atoms with E-state index in [-0.39, 0.29) is 11.9 Å². The molecule has 1 aliphatic heterocycles. The minimum absolute atomic E-state index is 0.134. The fraction of sp³-hybridized carbons (Fsp3) is 0.308. The predicted molar refractivity (Wildman–Crippen MR) is 72.5 cm³/mol. The molecule has 1 heterocycles. The average molecular weight is 248 g/mol. The number of amidine groups is 1. The normalized spacial score (nSPS) is 15.1. The topological polar surface area (TPSA) is 64.2 Å². The second-order valence-corrected chi connectivity index (χ2v) is 4.23. The summed E-state index contributed by atoms with van der Waals surface area (Å²) < 4.78 is 13.7. The number of halogens is 1. The summed E-state index contributed by atoms with van der Waals surface area (Å²) in [6.45, 7) is 2.05. The van der Waals surface area contributed by atoms with Crippen molar-refractivity contribution in [2.45, 2.75) is 25.8 Å². The van der Waals surface area contributed by atoms with E-state index in [0.29, 0.717) is 11.4 Å². The number of anilines is 2. The van der Waals surface area contributed by atoms with Crippen molar-refractivity contribution >= 4 is 17.2 Å². The summed E-state index contributed by atoms with van der Waals surface area (Å²) >= 11 is 0. The zero-order chi connectivity index (χ0) is 13.0. The van der Waals surface area contributed by atoms with Crippen molar-refractivity contribution in [3.63, 3.8) is 0 Å². The molecule has 18 heavy (non-hydrogen) atoms. The quantitative estimate of drug-likeness (QED) is 0.696. The lowest BCUT2D eigenvalue weighted by Crippen LogP contribution is -2.28. The van der Waals surface area contributed by atoms with Gasteiger partial charge < -0.3 is 11.1 Å². The molecule has 2 rings (SSSR count). The summed E-state index contributed by atoms with van der Waals surface area (Å²) in [6, 6.07) is 4.80. The van der Waals surface area contributed by atoms with Gasteiger partial charge in [0.1, 0.15) is 12.0 Å². The molecular formula is C13H17FN4+. The van der Waals surface area contributed by atoms with Crippen molar-refractivity contribution in [3.8, 4) is 0 Å². The molecule has 1 aromatic rings. The van der Waals surface area contributed by atoms with Crippen LogP contribution in [-0.4, -0.2) is 11.9 Å². The van der Waals surface area contributed by atoms with Crippen LogP contribution in [-0.2, 0) is 0 Å². The molecule has 0 spiro atoms. The van der Waals surface area contributed by atoms with E-state index in [1.54, 1.807) is 24.5 Å². The number of aliphatic imine (C=N–C) groups is 1. The molecule has 4 nitrogen and oxygen atoms in total. The van der Waals surface area contributed by atoms with Crippen LogP contribution in [0.5, 0.6) is 0 Å². The molecule has 1 aliphatic rings. The van der Waals surface area contributed by atoms with E-state index in [1.165, 1.54) is 6.07 Å². The van der Waals surface area contributed by atoms with Gasteiger partial charge in [0, 0.05) is 11.7 Å². The maximum absolute atomic E-state index is 13.7. The van der Waals surface area contributed by atoms with Gasteiger partial charge in [0.15, 0.2) is 6.20 Å². The highest BCUT2D eigenvalue weighted by atomic mass is 19.1. The fourth-order valence-electron chi connectivity index (χ4n) is 1.81. The lowest BCUT2D eigenvalue weighted by molar-refractivity contribution is 0.622. The second kappa shape index (κ2) is 5.53. The minimum atomic E-state index is -0.326. The van der Waals surface area contributed by atoms with Crippen LogP contribution in [0, 0.1) is 5.82 Å². The third-order valence-corrected chi connectivity index (χ3v) is 2.84. The summed E-state index contributed by atoms with van der Waals surface area (Å²) in [4.78, 5) is 4.17. The molecule has 0 saturated heterocycles. The smallest absolute Gasteiger partial charge is 0.298 e. The number of hydrogen-bond acceptors (Lipinski definition) is 4. The number of nitrogens with one attached hydrogen (secondary N) is 2. The van der Waals surface area contributed by atoms with Crippen molar-refractivity contribution in [2.75, 3.05) is 11.1 Å². The molecule has 0 aliphatic carbocycles. The number of benzene rings is 1. The van der Waals surface area contributed by atoms with Crippen molar-refractivity contribution in [2.24, 2.45) is 0 Å². The lowest BCUT2D eigenvalue weighted by Gasteiger charge is -2.17. The maximum Gasteiger partial charge on any atom is 0.298 e. The average Bonchev–Trinajstić information content (AvgIpc) is 2.84. The Kier molecular flexibility index (Phi) is 3.82. The monoisotopic (exact) mass is 248 g/mol. The van der Waals surface area contributed by atoms with Crippen LogP contribution in [0.2, 0.25) is 0 Å². The van der Waals surface area contributed by atoms with Crippen LogP contribution in [0.4, 0.5) is 15.8 Å². The maximum atomic E-state index is 13.7. The van der Waals surface area contributed by atoms with Crippen LogP contribution in [0.15, 0.2) is 30.6 Å². The molecule has 1 unspecified atom stereocenters. The standard InChI is InChI=1S/C13H17FN4/c1-2-10(8-13-16-5-6-17-13)18-12-4-3-9(15)7-11(12)14/h3-7,10,16,18H,2,8,15H2,1H3/q+1. The van der Waals surface area contributed by atoms with Gasteiger partial charge in [-0.3, -0.25) is 0 Å². The van der Waals surface area contributed by atoms with Crippen molar-refractivity contribution < 1.29 is 4.39 Å². The van der Waals surface area contributed by atoms with Crippen molar-refractivity contribution in [1.29, 1.82) is 0 Å². The number of nitrogens with two attached hydrogens (primary N) is 1. The largest absolute Gasteiger partial charge is 0.399 e. The van der Waals surface area contributed by atoms with Crippen LogP contribution >= 0.6 is 0 Å². The Labute approximate surface area is 106 Å². The summed E-state index contributed by atoms with van der Waals surface area (Å²) in [7, 11) is 0. The molecule has 0 bridgehead atoms. The van der Waals surface area contributed by atoms with Crippen LogP contribution in [0.1, 0.15) is 19.8 Å². The third kappa shape index (κ3) is 3.00. The van der Waals surface area contributed by atoms with Crippen LogP contribution in [0.25, 0.3) is 0 Å². The fourth-order valence-corrected chi connectivity index (χ4v) is 1.81. The van der Waals surface area contributed by atoms with Gasteiger partial charge in [-0.05, 0) is 24.6 Å². The van der Waals surface area contributed by atoms with Gasteiger partial charge in [-0.15, -0.1) is 0 Å². The van der Waals surface area contributed by atoms with Gasteiger partial charge in [0.05, 0.1) is 12.1 Å². The number of nitrogens with zero attached hydrogens (tertiary/aromatic N) is 1. The van der Waals surface area contributed by atoms with E-state index in [9.17, 15) is 4.39 Å². The second-order valence-electron chi connectivity index (χ2n) is 4.23. The molecule has 95 valence electrons. The van der Waals surface area contributed by atoms with E-state index < -0.39 is 0 Å². The summed E-state index contributed by atoms with van der Waals surface area (Å²) in [5, 5.41) is 6.22. The predicted octanol–water partition coefficient (Wildman–Crippen LogP) is 1.80. The molecule has 1 radical (unpaired) electrons. The van der Waals surface area contributed by atoms with E-state index >= 15 is 0 Å². The lowest BCUT2D eigenvalue weighted by atomic mass is 10.1. The first-order valence-electron chi connectivity index (χ1n) is 5.99. The summed E-state index contributed by atoms with van der Waals surface area (Å²) in [5.74, 6) is 0.568. The molecule has 0 fully saturated rings. The van der Waals surface area contributed by atoms with Gasteiger partial charge in [0.2, 0.25) is 0 Å². The molecule has 4 N–H and O–H groups in total. The van der Waals surface area contributed by atoms with Gasteiger partial charge in [-0.25, -0.2) is 9.71 Å². The zero-order valence-corrected chi connectivity index (χ0v) is 10.3. The minimum Gasteiger partial charge on any atom is -0.399 e. The van der Waals surface area contributed by atoms with E-state index in [1.807, 2.05) is 0 Å². The first-order valence-corrected chi connectivity index (χ1v) is 5.99. The number of hydrogen-bond donors (Lipinski definition) is 3. The molecule has 1 aromatic carbocycles. The summed E-state index contributed by atoms with van der Waals surface area (Å²) in [5.41, 5.74) is 6.42. The molecule has 0 aromatic heterocycles. The first kappa shape index (κ1) is 12.4. The van der Waals surface area contributed by atoms with Gasteiger partial charge in [0.25, 0.3) is 5.84 Å². The van der Waals surface area contributed by atoms with E-state index in [0.717, 1.165) is 18.7 Å². The summed E-state index contributed by atoms with van der Waals surface area (Å²) in [6.07, 6.45) is 5.11. The Hall–Kier alpha value is -2.04. The van der Waals surface area contributed by atoms with Crippen molar-refractivity contribution in [1.82, 2.24) is 10.3 Å². The SMILES string of the molecule is CCC(CC1=[N+]C=CN1)Nc1ccc(N)cc1F. The Bertz CT molecular complexity index is 482. The first-order chi connectivity index (χ1) is 8.69. The zero-order valence-electron chi connectivity index (χ0n) is 10.3. The third-order valence-electron chi connectivity index (χ3n) is 2.84. The van der Waals surface area contributed by atoms with Gasteiger partial charge in [-0.2, -0.15) is 0 Å². The Morgan fingerprint density at radius 1 is 1.50 bits per heavy atom. The van der Waals surface area contributed by atoms with Crippen LogP contribution < -0.4 is 21.4 Å². The highest BCUT2D eigenvalue weighted by molar-refractivity contribution is 5.84. The highest BCUT2D eigenvalue weighted by Gasteiger charge is 2.18. The van der Waals surface area contributed by atoms with E-state index in [2.05, 4.69) is 22.5 Å². The molecule has 0 amide bonds. The number of rotatable bonds is 5. The molecule has 0 saturated carbocycles. The van der Waals surface area contributed by atoms with Crippen LogP contribution in [0.3, 0.4) is 0 Å². The van der Waals surface area contributed by atoms with Crippen molar-refractivity contribution in [3.05, 3.63) is 36.4 Å². The molecule has 5 heteroatoms. The molecular weight excluding hydrogens is 231 g/mol.